The Balaban J connectivity index is 1.57. The number of pyridine rings is 1. The molecule has 0 radical (unpaired) electrons. The van der Waals surface area contributed by atoms with Crippen LogP contribution in [0.4, 0.5) is 15.6 Å². The third kappa shape index (κ3) is 5.89. The van der Waals surface area contributed by atoms with Gasteiger partial charge in [-0.15, -0.1) is 5.10 Å². The number of sulfonamides is 1. The number of urea groups is 1. The summed E-state index contributed by atoms with van der Waals surface area (Å²) >= 11 is 0.575. The molecule has 4 N–H and O–H groups in total. The number of sulfone groups is 1. The van der Waals surface area contributed by atoms with Gasteiger partial charge >= 0.3 is 6.03 Å². The molecule has 0 aromatic carbocycles. The van der Waals surface area contributed by atoms with Crippen LogP contribution in [0.5, 0.6) is 0 Å². The van der Waals surface area contributed by atoms with Gasteiger partial charge < -0.3 is 5.32 Å². The number of hydrogen-bond donors (Lipinski definition) is 4. The second kappa shape index (κ2) is 10.3. The van der Waals surface area contributed by atoms with E-state index >= 15 is 0 Å². The third-order valence-electron chi connectivity index (χ3n) is 5.21. The summed E-state index contributed by atoms with van der Waals surface area (Å²) in [6.45, 7) is -0.465. The number of thiazole rings is 1. The van der Waals surface area contributed by atoms with Crippen molar-refractivity contribution in [2.24, 2.45) is 5.92 Å². The minimum atomic E-state index is -4.32. The summed E-state index contributed by atoms with van der Waals surface area (Å²) in [5, 5.41) is 16.4. The Labute approximate surface area is 209 Å². The number of nitrogens with zero attached hydrogens (tertiary/aromatic N) is 5. The third-order valence-corrected chi connectivity index (χ3v) is 8.97. The van der Waals surface area contributed by atoms with Gasteiger partial charge in [-0.3, -0.25) is 15.1 Å². The summed E-state index contributed by atoms with van der Waals surface area (Å²) < 4.78 is 50.7. The van der Waals surface area contributed by atoms with Crippen LogP contribution in [0.2, 0.25) is 0 Å². The number of hydrogen-bond acceptors (Lipinski definition) is 12. The van der Waals surface area contributed by atoms with E-state index in [9.17, 15) is 26.4 Å². The summed E-state index contributed by atoms with van der Waals surface area (Å²) in [7, 11) is -8.00. The molecule has 192 valence electrons. The van der Waals surface area contributed by atoms with Gasteiger partial charge in [0, 0.05) is 12.1 Å². The van der Waals surface area contributed by atoms with Gasteiger partial charge in [0.1, 0.15) is 5.69 Å². The molecule has 15 nitrogen and oxygen atoms in total. The summed E-state index contributed by atoms with van der Waals surface area (Å²) in [6.07, 6.45) is 5.81. The molecule has 0 aliphatic heterocycles. The maximum atomic E-state index is 12.9. The molecule has 36 heavy (non-hydrogen) atoms. The molecule has 1 aliphatic carbocycles. The molecule has 0 saturated heterocycles. The van der Waals surface area contributed by atoms with Gasteiger partial charge in [-0.2, -0.15) is 5.21 Å². The summed E-state index contributed by atoms with van der Waals surface area (Å²) in [4.78, 5) is 33.7. The first kappa shape index (κ1) is 25.7. The van der Waals surface area contributed by atoms with E-state index < -0.39 is 37.6 Å². The van der Waals surface area contributed by atoms with Crippen LogP contribution >= 0.6 is 11.3 Å². The van der Waals surface area contributed by atoms with E-state index in [1.165, 1.54) is 12.3 Å². The van der Waals surface area contributed by atoms with Crippen molar-refractivity contribution >= 4 is 53.8 Å². The SMILES string of the molecule is CS(=O)(=O)NCc1nc(NC(=O)Nc2cccnc2C(=O)C2CCCC2)sc1S(=O)(=O)c1nn[nH]n1. The molecule has 18 heteroatoms. The first-order valence-corrected chi connectivity index (χ1v) is 14.7. The number of H-pyrrole nitrogens is 1. The lowest BCUT2D eigenvalue weighted by Crippen LogP contribution is -2.23. The molecule has 0 bridgehead atoms. The highest BCUT2D eigenvalue weighted by Gasteiger charge is 2.31. The fourth-order valence-corrected chi connectivity index (χ4v) is 6.51. The van der Waals surface area contributed by atoms with E-state index in [2.05, 4.69) is 45.9 Å². The average Bonchev–Trinajstić information content (AvgIpc) is 3.59. The molecule has 1 saturated carbocycles. The van der Waals surface area contributed by atoms with Crippen LogP contribution in [-0.4, -0.2) is 65.5 Å². The maximum Gasteiger partial charge on any atom is 0.325 e. The van der Waals surface area contributed by atoms with E-state index in [0.29, 0.717) is 11.3 Å². The van der Waals surface area contributed by atoms with E-state index in [4.69, 9.17) is 0 Å². The Morgan fingerprint density at radius 3 is 2.58 bits per heavy atom. The fourth-order valence-electron chi connectivity index (χ4n) is 3.60. The zero-order chi connectivity index (χ0) is 25.9. The zero-order valence-corrected chi connectivity index (χ0v) is 21.2. The number of aromatic amines is 1. The van der Waals surface area contributed by atoms with Crippen molar-refractivity contribution in [2.45, 2.75) is 41.6 Å². The zero-order valence-electron chi connectivity index (χ0n) is 18.8. The Morgan fingerprint density at radius 1 is 1.17 bits per heavy atom. The minimum absolute atomic E-state index is 0.136. The van der Waals surface area contributed by atoms with Crippen LogP contribution < -0.4 is 15.4 Å². The highest BCUT2D eigenvalue weighted by atomic mass is 32.2. The molecule has 0 spiro atoms. The number of tetrazole rings is 1. The van der Waals surface area contributed by atoms with Gasteiger partial charge in [0.15, 0.2) is 15.1 Å². The number of ketones is 1. The van der Waals surface area contributed by atoms with Crippen molar-refractivity contribution in [3.63, 3.8) is 0 Å². The number of nitrogens with one attached hydrogen (secondary N) is 4. The number of aromatic nitrogens is 6. The van der Waals surface area contributed by atoms with Crippen LogP contribution in [0, 0.1) is 5.92 Å². The van der Waals surface area contributed by atoms with Gasteiger partial charge in [0.2, 0.25) is 10.0 Å². The Kier molecular flexibility index (Phi) is 7.38. The molecular formula is C18H21N9O6S3. The van der Waals surface area contributed by atoms with Gasteiger partial charge in [-0.05, 0) is 30.2 Å². The van der Waals surface area contributed by atoms with Crippen LogP contribution in [0.3, 0.4) is 0 Å². The largest absolute Gasteiger partial charge is 0.325 e. The van der Waals surface area contributed by atoms with Gasteiger partial charge in [-0.25, -0.2) is 31.3 Å². The predicted molar refractivity (Wildman–Crippen MR) is 127 cm³/mol. The standard InChI is InChI=1S/C18H21N9O6S3/c1-35(30,31)20-9-12-15(36(32,33)18-24-26-27-25-18)34-17(22-12)23-16(29)21-11-7-4-8-19-13(11)14(28)10-5-2-3-6-10/h4,7-8,10,20H,2-3,5-6,9H2,1H3,(H2,21,22,23,29)(H,24,25,26,27). The minimum Gasteiger partial charge on any atom is -0.305 e. The number of rotatable bonds is 9. The van der Waals surface area contributed by atoms with Crippen molar-refractivity contribution in [3.05, 3.63) is 29.7 Å². The molecule has 3 aromatic heterocycles. The lowest BCUT2D eigenvalue weighted by Gasteiger charge is -2.12. The highest BCUT2D eigenvalue weighted by molar-refractivity contribution is 7.93. The summed E-state index contributed by atoms with van der Waals surface area (Å²) in [5.74, 6) is -0.300. The second-order valence-electron chi connectivity index (χ2n) is 7.87. The number of anilines is 2. The molecule has 1 fully saturated rings. The molecule has 2 amide bonds. The normalized spacial score (nSPS) is 14.6. The molecule has 3 heterocycles. The molecule has 0 unspecified atom stereocenters. The Bertz CT molecular complexity index is 1480. The van der Waals surface area contributed by atoms with Crippen molar-refractivity contribution in [3.8, 4) is 0 Å². The van der Waals surface area contributed by atoms with E-state index in [1.54, 1.807) is 6.07 Å². The van der Waals surface area contributed by atoms with Crippen molar-refractivity contribution in [1.82, 2.24) is 35.3 Å². The van der Waals surface area contributed by atoms with Gasteiger partial charge in [0.25, 0.3) is 15.0 Å². The van der Waals surface area contributed by atoms with Crippen LogP contribution in [0.1, 0.15) is 41.9 Å². The molecular weight excluding hydrogens is 534 g/mol. The highest BCUT2D eigenvalue weighted by Crippen LogP contribution is 2.32. The molecule has 3 aromatic rings. The van der Waals surface area contributed by atoms with Crippen molar-refractivity contribution in [2.75, 3.05) is 16.9 Å². The predicted octanol–water partition coefficient (Wildman–Crippen LogP) is 0.950. The number of carbonyl (C=O) groups excluding carboxylic acids is 2. The van der Waals surface area contributed by atoms with Crippen molar-refractivity contribution < 1.29 is 26.4 Å². The maximum absolute atomic E-state index is 12.9. The number of carbonyl (C=O) groups is 2. The van der Waals surface area contributed by atoms with Crippen LogP contribution in [-0.2, 0) is 26.4 Å². The Morgan fingerprint density at radius 2 is 1.92 bits per heavy atom. The second-order valence-corrected chi connectivity index (χ2v) is 12.7. The lowest BCUT2D eigenvalue weighted by atomic mass is 9.99. The van der Waals surface area contributed by atoms with Crippen LogP contribution in [0.15, 0.2) is 27.7 Å². The van der Waals surface area contributed by atoms with Gasteiger partial charge in [-0.1, -0.05) is 29.3 Å². The fraction of sp³-hybridized carbons (Fsp3) is 0.389. The van der Waals surface area contributed by atoms with Crippen molar-refractivity contribution in [1.29, 1.82) is 0 Å². The van der Waals surface area contributed by atoms with E-state index in [1.807, 2.05) is 0 Å². The summed E-state index contributed by atoms with van der Waals surface area (Å²) in [5.41, 5.74) is 0.156. The lowest BCUT2D eigenvalue weighted by molar-refractivity contribution is 0.0918. The topological polar surface area (TPSA) is 219 Å². The average molecular weight is 556 g/mol. The quantitative estimate of drug-likeness (QED) is 0.272. The smallest absolute Gasteiger partial charge is 0.305 e. The molecule has 4 rings (SSSR count). The first-order valence-electron chi connectivity index (χ1n) is 10.5. The van der Waals surface area contributed by atoms with E-state index in [0.717, 1.165) is 31.9 Å². The number of Topliss-reactive ketones (excluding diaryl/α,β-unsaturated/α-hetero) is 1. The molecule has 0 atom stereocenters. The van der Waals surface area contributed by atoms with E-state index in [-0.39, 0.29) is 38.1 Å². The Hall–Kier alpha value is -3.35. The van der Waals surface area contributed by atoms with Crippen LogP contribution in [0.25, 0.3) is 0 Å². The number of amides is 2. The molecule has 1 aliphatic rings. The summed E-state index contributed by atoms with van der Waals surface area (Å²) in [6, 6.07) is 2.29. The monoisotopic (exact) mass is 555 g/mol. The van der Waals surface area contributed by atoms with Gasteiger partial charge in [0.05, 0.1) is 24.2 Å². The first-order chi connectivity index (χ1) is 17.0.